The molecule has 4 heterocycles. The molecular weight excluding hydrogens is 391 g/mol. The van der Waals surface area contributed by atoms with Crippen molar-refractivity contribution in [3.63, 3.8) is 0 Å². The van der Waals surface area contributed by atoms with Gasteiger partial charge in [0.15, 0.2) is 5.13 Å². The molecule has 0 saturated carbocycles. The van der Waals surface area contributed by atoms with Crippen molar-refractivity contribution >= 4 is 34.0 Å². The molecule has 4 rings (SSSR count). The monoisotopic (exact) mass is 412 g/mol. The van der Waals surface area contributed by atoms with Crippen LogP contribution in [0, 0.1) is 5.82 Å². The van der Waals surface area contributed by atoms with E-state index in [4.69, 9.17) is 5.73 Å². The van der Waals surface area contributed by atoms with Gasteiger partial charge in [0.2, 0.25) is 5.91 Å². The van der Waals surface area contributed by atoms with Crippen molar-refractivity contribution in [1.82, 2.24) is 19.9 Å². The van der Waals surface area contributed by atoms with E-state index in [0.29, 0.717) is 29.6 Å². The number of hydrogen-bond donors (Lipinski definition) is 2. The van der Waals surface area contributed by atoms with E-state index in [0.717, 1.165) is 37.0 Å². The second kappa shape index (κ2) is 8.52. The van der Waals surface area contributed by atoms with Crippen LogP contribution < -0.4 is 11.1 Å². The third kappa shape index (κ3) is 4.68. The number of pyridine rings is 2. The summed E-state index contributed by atoms with van der Waals surface area (Å²) in [6.07, 6.45) is 3.96. The summed E-state index contributed by atoms with van der Waals surface area (Å²) in [5, 5.41) is 5.49. The van der Waals surface area contributed by atoms with Crippen LogP contribution in [0.1, 0.15) is 36.7 Å². The number of nitrogens with zero attached hydrogens (tertiary/aromatic N) is 4. The zero-order valence-corrected chi connectivity index (χ0v) is 16.5. The van der Waals surface area contributed by atoms with Gasteiger partial charge in [0, 0.05) is 18.3 Å². The summed E-state index contributed by atoms with van der Waals surface area (Å²) < 4.78 is 13.0. The number of rotatable bonds is 6. The second-order valence-electron chi connectivity index (χ2n) is 6.86. The highest BCUT2D eigenvalue weighted by Crippen LogP contribution is 2.32. The quantitative estimate of drug-likeness (QED) is 0.641. The molecule has 0 unspecified atom stereocenters. The Kier molecular flexibility index (Phi) is 5.66. The Morgan fingerprint density at radius 3 is 2.93 bits per heavy atom. The molecule has 1 fully saturated rings. The minimum Gasteiger partial charge on any atom is -0.375 e. The lowest BCUT2D eigenvalue weighted by Gasteiger charge is -2.24. The molecule has 1 saturated heterocycles. The van der Waals surface area contributed by atoms with Gasteiger partial charge >= 0.3 is 0 Å². The van der Waals surface area contributed by atoms with Crippen molar-refractivity contribution in [2.45, 2.75) is 31.7 Å². The maximum atomic E-state index is 13.0. The van der Waals surface area contributed by atoms with Crippen LogP contribution in [-0.4, -0.2) is 32.3 Å². The Morgan fingerprint density at radius 1 is 1.28 bits per heavy atom. The number of nitrogens with one attached hydrogen (secondary N) is 1. The molecule has 1 aliphatic heterocycles. The topological polar surface area (TPSA) is 97.0 Å². The highest BCUT2D eigenvalue weighted by Gasteiger charge is 2.30. The van der Waals surface area contributed by atoms with Gasteiger partial charge in [0.05, 0.1) is 23.6 Å². The summed E-state index contributed by atoms with van der Waals surface area (Å²) >= 11 is 1.39. The fourth-order valence-corrected chi connectivity index (χ4v) is 4.07. The Balaban J connectivity index is 1.43. The molecule has 3 aromatic heterocycles. The summed E-state index contributed by atoms with van der Waals surface area (Å²) in [6.45, 7) is 0.724. The van der Waals surface area contributed by atoms with E-state index in [1.165, 1.54) is 17.4 Å². The van der Waals surface area contributed by atoms with Crippen LogP contribution in [0.25, 0.3) is 0 Å². The third-order valence-corrected chi connectivity index (χ3v) is 5.56. The lowest BCUT2D eigenvalue weighted by molar-refractivity contribution is -0.132. The number of carbonyl (C=O) groups excluding carboxylic acids is 1. The van der Waals surface area contributed by atoms with Crippen LogP contribution in [-0.2, 0) is 11.2 Å². The van der Waals surface area contributed by atoms with Crippen molar-refractivity contribution in [2.75, 3.05) is 17.6 Å². The third-order valence-electron chi connectivity index (χ3n) is 4.83. The predicted octanol–water partition coefficient (Wildman–Crippen LogP) is 3.69. The minimum atomic E-state index is -0.391. The van der Waals surface area contributed by atoms with Crippen molar-refractivity contribution in [3.05, 3.63) is 59.1 Å². The van der Waals surface area contributed by atoms with E-state index in [1.807, 2.05) is 28.5 Å². The van der Waals surface area contributed by atoms with Gasteiger partial charge in [-0.05, 0) is 43.5 Å². The van der Waals surface area contributed by atoms with Gasteiger partial charge in [-0.2, -0.15) is 0 Å². The van der Waals surface area contributed by atoms with Gasteiger partial charge in [-0.3, -0.25) is 4.79 Å². The fraction of sp³-hybridized carbons (Fsp3) is 0.300. The first-order chi connectivity index (χ1) is 14.1. The zero-order chi connectivity index (χ0) is 20.2. The molecule has 1 amide bonds. The second-order valence-corrected chi connectivity index (χ2v) is 7.75. The van der Waals surface area contributed by atoms with E-state index < -0.39 is 5.82 Å². The number of amides is 1. The van der Waals surface area contributed by atoms with Crippen molar-refractivity contribution < 1.29 is 9.18 Å². The molecule has 0 spiro atoms. The summed E-state index contributed by atoms with van der Waals surface area (Å²) in [7, 11) is 0. The van der Waals surface area contributed by atoms with E-state index in [9.17, 15) is 9.18 Å². The number of hydrogen-bond acceptors (Lipinski definition) is 7. The minimum absolute atomic E-state index is 0.0501. The Bertz CT molecular complexity index is 993. The molecule has 7 nitrogen and oxygen atoms in total. The van der Waals surface area contributed by atoms with Crippen LogP contribution in [0.15, 0.2) is 41.9 Å². The van der Waals surface area contributed by atoms with Crippen LogP contribution in [0.4, 0.5) is 21.2 Å². The van der Waals surface area contributed by atoms with Gasteiger partial charge in [-0.15, -0.1) is 11.3 Å². The van der Waals surface area contributed by atoms with Crippen LogP contribution >= 0.6 is 11.3 Å². The largest absolute Gasteiger partial charge is 0.375 e. The van der Waals surface area contributed by atoms with E-state index in [1.54, 1.807) is 6.07 Å². The van der Waals surface area contributed by atoms with E-state index >= 15 is 0 Å². The summed E-state index contributed by atoms with van der Waals surface area (Å²) in [4.78, 5) is 27.6. The lowest BCUT2D eigenvalue weighted by atomic mass is 10.1. The Morgan fingerprint density at radius 2 is 2.17 bits per heavy atom. The van der Waals surface area contributed by atoms with Gasteiger partial charge in [0.1, 0.15) is 17.5 Å². The number of thiazole rings is 1. The van der Waals surface area contributed by atoms with Crippen molar-refractivity contribution in [1.29, 1.82) is 0 Å². The summed E-state index contributed by atoms with van der Waals surface area (Å²) in [5.41, 5.74) is 7.35. The molecule has 0 bridgehead atoms. The highest BCUT2D eigenvalue weighted by molar-refractivity contribution is 7.13. The van der Waals surface area contributed by atoms with E-state index in [2.05, 4.69) is 20.3 Å². The van der Waals surface area contributed by atoms with Crippen molar-refractivity contribution in [2.24, 2.45) is 0 Å². The molecule has 0 aromatic carbocycles. The molecule has 9 heteroatoms. The average Bonchev–Trinajstić information content (AvgIpc) is 3.37. The number of aryl methyl sites for hydroxylation is 1. The number of halogens is 1. The van der Waals surface area contributed by atoms with Gasteiger partial charge in [0.25, 0.3) is 0 Å². The average molecular weight is 412 g/mol. The first-order valence-electron chi connectivity index (χ1n) is 9.43. The summed E-state index contributed by atoms with van der Waals surface area (Å²) in [6, 6.07) is 8.49. The molecule has 150 valence electrons. The Labute approximate surface area is 171 Å². The summed E-state index contributed by atoms with van der Waals surface area (Å²) in [5.74, 6) is 0.828. The fourth-order valence-electron chi connectivity index (χ4n) is 3.48. The standard InChI is InChI=1S/C20H21FN6OS/c21-13-6-8-17(23-11-13)26-18-5-1-3-15(25-18)16-4-2-10-27(16)19(28)9-7-14-12-29-20(22)24-14/h1,3,5-6,8,11-12,16H,2,4,7,9-10H2,(H2,22,24)(H,23,25,26)/t16-/m1/s1. The molecule has 0 aliphatic carbocycles. The van der Waals surface area contributed by atoms with Crippen molar-refractivity contribution in [3.8, 4) is 0 Å². The molecule has 3 N–H and O–H groups in total. The maximum absolute atomic E-state index is 13.0. The smallest absolute Gasteiger partial charge is 0.223 e. The highest BCUT2D eigenvalue weighted by atomic mass is 32.1. The normalized spacial score (nSPS) is 16.2. The number of aromatic nitrogens is 3. The van der Waals surface area contributed by atoms with Crippen LogP contribution in [0.2, 0.25) is 0 Å². The van der Waals surface area contributed by atoms with Gasteiger partial charge < -0.3 is 16.0 Å². The number of anilines is 3. The van der Waals surface area contributed by atoms with Crippen LogP contribution in [0.5, 0.6) is 0 Å². The Hall–Kier alpha value is -3.07. The number of nitrogens with two attached hydrogens (primary N) is 1. The SMILES string of the molecule is Nc1nc(CCC(=O)N2CCC[C@@H]2c2cccc(Nc3ccc(F)cn3)n2)cs1. The number of likely N-dealkylation sites (tertiary alicyclic amines) is 1. The van der Waals surface area contributed by atoms with E-state index in [-0.39, 0.29) is 11.9 Å². The molecule has 0 radical (unpaired) electrons. The zero-order valence-electron chi connectivity index (χ0n) is 15.7. The molecule has 3 aromatic rings. The number of nitrogen functional groups attached to an aromatic ring is 1. The van der Waals surface area contributed by atoms with Crippen LogP contribution in [0.3, 0.4) is 0 Å². The first kappa shape index (κ1) is 19.3. The van der Waals surface area contributed by atoms with Gasteiger partial charge in [-0.1, -0.05) is 6.07 Å². The first-order valence-corrected chi connectivity index (χ1v) is 10.3. The molecular formula is C20H21FN6OS. The maximum Gasteiger partial charge on any atom is 0.223 e. The van der Waals surface area contributed by atoms with Gasteiger partial charge in [-0.25, -0.2) is 19.3 Å². The predicted molar refractivity (Wildman–Crippen MR) is 110 cm³/mol. The molecule has 29 heavy (non-hydrogen) atoms. The molecule has 1 atom stereocenters. The lowest BCUT2D eigenvalue weighted by Crippen LogP contribution is -2.31. The molecule has 1 aliphatic rings. The number of carbonyl (C=O) groups is 1.